The number of pyridine rings is 1. The van der Waals surface area contributed by atoms with Gasteiger partial charge in [-0.25, -0.2) is 8.42 Å². The van der Waals surface area contributed by atoms with Crippen LogP contribution in [0.4, 0.5) is 0 Å². The first-order chi connectivity index (χ1) is 17.7. The molecule has 12 heteroatoms. The maximum absolute atomic E-state index is 13.3. The van der Waals surface area contributed by atoms with Crippen molar-refractivity contribution in [3.8, 4) is 17.2 Å². The van der Waals surface area contributed by atoms with E-state index in [9.17, 15) is 23.4 Å². The summed E-state index contributed by atoms with van der Waals surface area (Å²) in [7, 11) is -1.37. The van der Waals surface area contributed by atoms with E-state index in [0.29, 0.717) is 11.5 Å². The zero-order chi connectivity index (χ0) is 26.6. The maximum Gasteiger partial charge on any atom is 0.243 e. The second-order valence-corrected chi connectivity index (χ2v) is 10.4. The topological polar surface area (TPSA) is 142 Å². The molecule has 3 aromatic rings. The van der Waals surface area contributed by atoms with Gasteiger partial charge in [0.1, 0.15) is 18.5 Å². The minimum Gasteiger partial charge on any atom is -0.548 e. The highest BCUT2D eigenvalue weighted by Crippen LogP contribution is 2.32. The Labute approximate surface area is 214 Å². The average Bonchev–Trinajstić information content (AvgIpc) is 2.91. The van der Waals surface area contributed by atoms with E-state index in [1.807, 2.05) is 12.1 Å². The number of nitrogens with zero attached hydrogens (tertiary/aromatic N) is 3. The van der Waals surface area contributed by atoms with Crippen molar-refractivity contribution in [2.24, 2.45) is 0 Å². The number of carboxylic acids is 1. The number of sulfonamides is 1. The molecule has 1 fully saturated rings. The number of carboxylic acid groups (broad SMARTS) is 1. The van der Waals surface area contributed by atoms with Gasteiger partial charge in [0.05, 0.1) is 36.6 Å². The third kappa shape index (κ3) is 5.77. The number of hydrogen-bond acceptors (Lipinski definition) is 10. The van der Waals surface area contributed by atoms with Crippen LogP contribution >= 0.6 is 0 Å². The highest BCUT2D eigenvalue weighted by Gasteiger charge is 2.37. The minimum atomic E-state index is -4.18. The van der Waals surface area contributed by atoms with Crippen LogP contribution < -0.4 is 19.3 Å². The summed E-state index contributed by atoms with van der Waals surface area (Å²) in [6.45, 7) is 0.0265. The molecule has 0 bridgehead atoms. The van der Waals surface area contributed by atoms with Gasteiger partial charge in [-0.1, -0.05) is 6.07 Å². The number of ether oxygens (including phenoxy) is 3. The fraction of sp³-hybridized carbons (Fsp3) is 0.360. The van der Waals surface area contributed by atoms with Crippen molar-refractivity contribution >= 4 is 26.9 Å². The van der Waals surface area contributed by atoms with Gasteiger partial charge in [-0.2, -0.15) is 4.31 Å². The van der Waals surface area contributed by atoms with E-state index in [1.54, 1.807) is 29.3 Å². The summed E-state index contributed by atoms with van der Waals surface area (Å²) in [5.74, 6) is -0.401. The molecule has 37 heavy (non-hydrogen) atoms. The molecule has 0 spiro atoms. The van der Waals surface area contributed by atoms with Crippen molar-refractivity contribution < 1.29 is 37.6 Å². The van der Waals surface area contributed by atoms with Gasteiger partial charge >= 0.3 is 0 Å². The summed E-state index contributed by atoms with van der Waals surface area (Å²) in [4.78, 5) is 17.8. The summed E-state index contributed by atoms with van der Waals surface area (Å²) < 4.78 is 43.7. The van der Waals surface area contributed by atoms with Gasteiger partial charge in [-0.15, -0.1) is 0 Å². The number of aromatic nitrogens is 1. The molecule has 2 aromatic carbocycles. The Hall–Kier alpha value is -3.45. The van der Waals surface area contributed by atoms with Crippen LogP contribution in [0.25, 0.3) is 10.9 Å². The largest absolute Gasteiger partial charge is 0.548 e. The van der Waals surface area contributed by atoms with Crippen molar-refractivity contribution in [3.05, 3.63) is 54.7 Å². The molecule has 1 aromatic heterocycles. The number of aliphatic carboxylic acids is 1. The van der Waals surface area contributed by atoms with Crippen molar-refractivity contribution in [2.45, 2.75) is 17.0 Å². The van der Waals surface area contributed by atoms with Gasteiger partial charge in [-0.3, -0.25) is 9.88 Å². The number of piperazine rings is 1. The zero-order valence-corrected chi connectivity index (χ0v) is 21.3. The fourth-order valence-electron chi connectivity index (χ4n) is 4.32. The van der Waals surface area contributed by atoms with E-state index in [1.165, 1.54) is 32.4 Å². The summed E-state index contributed by atoms with van der Waals surface area (Å²) in [6.07, 6.45) is 0.739. The summed E-state index contributed by atoms with van der Waals surface area (Å²) >= 11 is 0. The van der Waals surface area contributed by atoms with Crippen molar-refractivity contribution in [1.29, 1.82) is 0 Å². The Morgan fingerprint density at radius 2 is 1.89 bits per heavy atom. The van der Waals surface area contributed by atoms with Gasteiger partial charge < -0.3 is 29.2 Å². The molecular formula is C25H28N3O8S-. The third-order valence-electron chi connectivity index (χ3n) is 6.15. The monoisotopic (exact) mass is 530 g/mol. The molecule has 1 saturated heterocycles. The molecule has 0 radical (unpaired) electrons. The van der Waals surface area contributed by atoms with E-state index in [0.717, 1.165) is 15.2 Å². The quantitative estimate of drug-likeness (QED) is 0.384. The lowest BCUT2D eigenvalue weighted by atomic mass is 10.2. The highest BCUT2D eigenvalue weighted by atomic mass is 32.2. The molecule has 198 valence electrons. The highest BCUT2D eigenvalue weighted by molar-refractivity contribution is 7.89. The molecule has 1 aliphatic heterocycles. The van der Waals surface area contributed by atoms with Gasteiger partial charge in [0.25, 0.3) is 0 Å². The summed E-state index contributed by atoms with van der Waals surface area (Å²) in [6, 6.07) is 11.7. The van der Waals surface area contributed by atoms with Crippen LogP contribution in [0.2, 0.25) is 0 Å². The van der Waals surface area contributed by atoms with Crippen molar-refractivity contribution in [3.63, 3.8) is 0 Å². The number of β-amino-alcohol motifs (C(OH)–C–C–N with tert-alkyl or cyclic N) is 1. The van der Waals surface area contributed by atoms with Crippen LogP contribution in [0, 0.1) is 0 Å². The lowest BCUT2D eigenvalue weighted by Gasteiger charge is -2.41. The number of hydrogen-bond donors (Lipinski definition) is 1. The molecule has 0 aliphatic carbocycles. The Morgan fingerprint density at radius 3 is 2.62 bits per heavy atom. The minimum absolute atomic E-state index is 0.0336. The van der Waals surface area contributed by atoms with Crippen LogP contribution in [0.3, 0.4) is 0 Å². The SMILES string of the molecule is COc1ccc(S(=O)(=O)N2CCN(C[C@@H](O)COc3cccc4ncccc34)CC2C(=O)[O-])cc1OC. The first kappa shape index (κ1) is 26.6. The van der Waals surface area contributed by atoms with Crippen LogP contribution in [0.5, 0.6) is 17.2 Å². The van der Waals surface area contributed by atoms with Gasteiger partial charge in [0.15, 0.2) is 11.5 Å². The maximum atomic E-state index is 13.3. The Kier molecular flexibility index (Phi) is 8.13. The zero-order valence-electron chi connectivity index (χ0n) is 20.4. The smallest absolute Gasteiger partial charge is 0.243 e. The summed E-state index contributed by atoms with van der Waals surface area (Å²) in [5, 5.41) is 23.3. The number of aliphatic hydroxyl groups is 1. The second-order valence-electron chi connectivity index (χ2n) is 8.52. The van der Waals surface area contributed by atoms with Crippen LogP contribution in [0.15, 0.2) is 59.6 Å². The van der Waals surface area contributed by atoms with Gasteiger partial charge in [0.2, 0.25) is 10.0 Å². The second kappa shape index (κ2) is 11.3. The number of fused-ring (bicyclic) bond motifs is 1. The van der Waals surface area contributed by atoms with Crippen LogP contribution in [-0.2, 0) is 14.8 Å². The number of rotatable bonds is 10. The number of benzene rings is 2. The van der Waals surface area contributed by atoms with E-state index in [-0.39, 0.29) is 43.4 Å². The van der Waals surface area contributed by atoms with E-state index >= 15 is 0 Å². The normalized spacial score (nSPS) is 17.9. The molecule has 1 unspecified atom stereocenters. The molecule has 1 aliphatic rings. The van der Waals surface area contributed by atoms with E-state index in [4.69, 9.17) is 14.2 Å². The van der Waals surface area contributed by atoms with E-state index < -0.39 is 28.1 Å². The van der Waals surface area contributed by atoms with E-state index in [2.05, 4.69) is 4.98 Å². The van der Waals surface area contributed by atoms with Gasteiger partial charge in [-0.05, 0) is 36.4 Å². The number of carbonyl (C=O) groups excluding carboxylic acids is 1. The predicted octanol–water partition coefficient (Wildman–Crippen LogP) is 0.117. The molecule has 2 heterocycles. The third-order valence-corrected chi connectivity index (χ3v) is 8.06. The number of aliphatic hydroxyl groups excluding tert-OH is 1. The first-order valence-electron chi connectivity index (χ1n) is 11.6. The van der Waals surface area contributed by atoms with Gasteiger partial charge in [0, 0.05) is 43.8 Å². The van der Waals surface area contributed by atoms with Crippen molar-refractivity contribution in [2.75, 3.05) is 47.0 Å². The molecule has 2 atom stereocenters. The molecule has 0 amide bonds. The molecular weight excluding hydrogens is 502 g/mol. The molecule has 0 saturated carbocycles. The lowest BCUT2D eigenvalue weighted by molar-refractivity contribution is -0.311. The Morgan fingerprint density at radius 1 is 1.11 bits per heavy atom. The number of methoxy groups -OCH3 is 2. The molecule has 1 N–H and O–H groups in total. The lowest BCUT2D eigenvalue weighted by Crippen LogP contribution is -2.62. The first-order valence-corrected chi connectivity index (χ1v) is 13.0. The average molecular weight is 531 g/mol. The fourth-order valence-corrected chi connectivity index (χ4v) is 5.89. The number of carbonyl (C=O) groups is 1. The van der Waals surface area contributed by atoms with Crippen LogP contribution in [0.1, 0.15) is 0 Å². The molecule has 4 rings (SSSR count). The standard InChI is InChI=1S/C25H29N3O8S/c1-34-23-9-8-18(13-24(23)35-2)37(32,33)28-12-11-27(15-21(28)25(30)31)14-17(29)16-36-22-7-3-6-20-19(22)5-4-10-26-20/h3-10,13,17,21,29H,11-12,14-16H2,1-2H3,(H,30,31)/p-1/t17-,21?/m1/s1. The Balaban J connectivity index is 1.42. The molecule has 11 nitrogen and oxygen atoms in total. The Bertz CT molecular complexity index is 1360. The predicted molar refractivity (Wildman–Crippen MR) is 132 cm³/mol. The summed E-state index contributed by atoms with van der Waals surface area (Å²) in [5.41, 5.74) is 0.762. The van der Waals surface area contributed by atoms with Crippen LogP contribution in [-0.4, -0.2) is 92.8 Å². The van der Waals surface area contributed by atoms with Crippen molar-refractivity contribution in [1.82, 2.24) is 14.2 Å².